The summed E-state index contributed by atoms with van der Waals surface area (Å²) in [7, 11) is 1.86. The van der Waals surface area contributed by atoms with Crippen molar-refractivity contribution >= 4 is 23.5 Å². The van der Waals surface area contributed by atoms with Gasteiger partial charge in [-0.3, -0.25) is 4.90 Å². The molecule has 0 radical (unpaired) electrons. The number of piperidine rings is 1. The lowest BCUT2D eigenvalue weighted by atomic mass is 9.97. The fourth-order valence-electron chi connectivity index (χ4n) is 3.77. The van der Waals surface area contributed by atoms with Gasteiger partial charge in [0.1, 0.15) is 6.61 Å². The number of cyclic esters (lactones) is 1. The van der Waals surface area contributed by atoms with Crippen molar-refractivity contribution in [1.29, 1.82) is 0 Å². The minimum absolute atomic E-state index is 0.117. The predicted octanol–water partition coefficient (Wildman–Crippen LogP) is 2.98. The van der Waals surface area contributed by atoms with Gasteiger partial charge in [-0.05, 0) is 44.5 Å². The first kappa shape index (κ1) is 18.5. The number of carbonyl (C=O) groups excluding carboxylic acids is 2. The molecule has 2 aliphatic rings. The maximum Gasteiger partial charge on any atom is 0.414 e. The third-order valence-corrected chi connectivity index (χ3v) is 5.43. The Morgan fingerprint density at radius 3 is 2.85 bits per heavy atom. The molecule has 3 amide bonds. The first-order valence-electron chi connectivity index (χ1n) is 9.31. The van der Waals surface area contributed by atoms with E-state index in [1.165, 1.54) is 0 Å². The van der Waals surface area contributed by atoms with Gasteiger partial charge in [0.2, 0.25) is 0 Å². The number of rotatable bonds is 4. The molecule has 2 heterocycles. The largest absolute Gasteiger partial charge is 0.447 e. The second-order valence-electron chi connectivity index (χ2n) is 7.01. The zero-order chi connectivity index (χ0) is 18.7. The predicted molar refractivity (Wildman–Crippen MR) is 102 cm³/mol. The summed E-state index contributed by atoms with van der Waals surface area (Å²) in [5.41, 5.74) is 1.41. The maximum atomic E-state index is 12.7. The van der Waals surface area contributed by atoms with Crippen molar-refractivity contribution < 1.29 is 14.3 Å². The van der Waals surface area contributed by atoms with Crippen molar-refractivity contribution in [2.75, 3.05) is 43.5 Å². The van der Waals surface area contributed by atoms with Crippen molar-refractivity contribution in [2.24, 2.45) is 0 Å². The van der Waals surface area contributed by atoms with Crippen LogP contribution in [0.15, 0.2) is 24.3 Å². The highest BCUT2D eigenvalue weighted by atomic mass is 16.6. The van der Waals surface area contributed by atoms with Gasteiger partial charge in [-0.15, -0.1) is 0 Å². The second-order valence-corrected chi connectivity index (χ2v) is 7.01. The van der Waals surface area contributed by atoms with Crippen molar-refractivity contribution in [3.63, 3.8) is 0 Å². The minimum Gasteiger partial charge on any atom is -0.447 e. The standard InChI is InChI=1S/C19H28N4O3/c1-4-22-9-8-16(12-14(22)2)21(3)18(24)20-15-6-5-7-17(13-15)23-10-11-26-19(23)25/h5-7,13-14,16H,4,8-12H2,1-3H3,(H,20,24)/t14-,16+/m1/s1. The van der Waals surface area contributed by atoms with E-state index in [9.17, 15) is 9.59 Å². The van der Waals surface area contributed by atoms with Crippen LogP contribution in [0.3, 0.4) is 0 Å². The van der Waals surface area contributed by atoms with Gasteiger partial charge < -0.3 is 19.9 Å². The molecule has 0 saturated carbocycles. The monoisotopic (exact) mass is 360 g/mol. The molecule has 1 N–H and O–H groups in total. The first-order valence-corrected chi connectivity index (χ1v) is 9.31. The van der Waals surface area contributed by atoms with E-state index in [0.29, 0.717) is 24.9 Å². The number of hydrogen-bond donors (Lipinski definition) is 1. The highest BCUT2D eigenvalue weighted by Crippen LogP contribution is 2.24. The SMILES string of the molecule is CCN1CC[C@H](N(C)C(=O)Nc2cccc(N3CCOC3=O)c2)C[C@H]1C. The van der Waals surface area contributed by atoms with E-state index in [-0.39, 0.29) is 18.2 Å². The van der Waals surface area contributed by atoms with Gasteiger partial charge in [0, 0.05) is 37.1 Å². The molecule has 0 unspecified atom stereocenters. The fourth-order valence-corrected chi connectivity index (χ4v) is 3.77. The highest BCUT2D eigenvalue weighted by molar-refractivity contribution is 5.93. The Kier molecular flexibility index (Phi) is 5.66. The molecule has 2 fully saturated rings. The summed E-state index contributed by atoms with van der Waals surface area (Å²) < 4.78 is 4.97. The number of anilines is 2. The van der Waals surface area contributed by atoms with Crippen LogP contribution < -0.4 is 10.2 Å². The average molecular weight is 360 g/mol. The van der Waals surface area contributed by atoms with E-state index in [2.05, 4.69) is 24.1 Å². The molecular formula is C19H28N4O3. The van der Waals surface area contributed by atoms with Crippen LogP contribution in [0.5, 0.6) is 0 Å². The summed E-state index contributed by atoms with van der Waals surface area (Å²) in [6, 6.07) is 7.92. The molecule has 26 heavy (non-hydrogen) atoms. The Labute approximate surface area is 154 Å². The first-order chi connectivity index (χ1) is 12.5. The summed E-state index contributed by atoms with van der Waals surface area (Å²) in [6.45, 7) is 7.40. The van der Waals surface area contributed by atoms with Crippen LogP contribution in [-0.4, -0.2) is 67.3 Å². The number of nitrogens with one attached hydrogen (secondary N) is 1. The highest BCUT2D eigenvalue weighted by Gasteiger charge is 2.29. The second kappa shape index (κ2) is 7.95. The number of likely N-dealkylation sites (tertiary alicyclic amines) is 1. The molecule has 3 rings (SSSR count). The Morgan fingerprint density at radius 2 is 2.19 bits per heavy atom. The third kappa shape index (κ3) is 3.93. The van der Waals surface area contributed by atoms with Crippen molar-refractivity contribution in [1.82, 2.24) is 9.80 Å². The molecule has 0 bridgehead atoms. The quantitative estimate of drug-likeness (QED) is 0.896. The van der Waals surface area contributed by atoms with Gasteiger partial charge in [0.25, 0.3) is 0 Å². The van der Waals surface area contributed by atoms with Gasteiger partial charge in [-0.2, -0.15) is 0 Å². The normalized spacial score (nSPS) is 23.7. The number of benzene rings is 1. The number of hydrogen-bond acceptors (Lipinski definition) is 4. The molecule has 2 saturated heterocycles. The molecule has 7 nitrogen and oxygen atoms in total. The van der Waals surface area contributed by atoms with Gasteiger partial charge in [-0.1, -0.05) is 13.0 Å². The van der Waals surface area contributed by atoms with E-state index in [1.54, 1.807) is 15.9 Å². The molecule has 7 heteroatoms. The van der Waals surface area contributed by atoms with Crippen LogP contribution >= 0.6 is 0 Å². The van der Waals surface area contributed by atoms with E-state index >= 15 is 0 Å². The van der Waals surface area contributed by atoms with E-state index in [1.807, 2.05) is 25.2 Å². The van der Waals surface area contributed by atoms with Gasteiger partial charge >= 0.3 is 12.1 Å². The Bertz CT molecular complexity index is 666. The lowest BCUT2D eigenvalue weighted by molar-refractivity contribution is 0.104. The van der Waals surface area contributed by atoms with Crippen molar-refractivity contribution in [3.8, 4) is 0 Å². The Morgan fingerprint density at radius 1 is 1.38 bits per heavy atom. The molecule has 0 spiro atoms. The smallest absolute Gasteiger partial charge is 0.414 e. The average Bonchev–Trinajstić information content (AvgIpc) is 3.07. The van der Waals surface area contributed by atoms with Crippen LogP contribution in [0.1, 0.15) is 26.7 Å². The Hall–Kier alpha value is -2.28. The Balaban J connectivity index is 1.62. The molecule has 1 aromatic carbocycles. The number of nitrogens with zero attached hydrogens (tertiary/aromatic N) is 3. The topological polar surface area (TPSA) is 65.1 Å². The number of urea groups is 1. The summed E-state index contributed by atoms with van der Waals surface area (Å²) in [6.07, 6.45) is 1.63. The van der Waals surface area contributed by atoms with E-state index < -0.39 is 0 Å². The fraction of sp³-hybridized carbons (Fsp3) is 0.579. The molecule has 142 valence electrons. The molecule has 2 aliphatic heterocycles. The molecule has 0 aromatic heterocycles. The molecule has 0 aliphatic carbocycles. The molecule has 2 atom stereocenters. The number of amides is 3. The van der Waals surface area contributed by atoms with Crippen molar-refractivity contribution in [3.05, 3.63) is 24.3 Å². The minimum atomic E-state index is -0.345. The van der Waals surface area contributed by atoms with Crippen LogP contribution in [0.25, 0.3) is 0 Å². The van der Waals surface area contributed by atoms with Gasteiger partial charge in [0.05, 0.1) is 6.54 Å². The third-order valence-electron chi connectivity index (χ3n) is 5.43. The summed E-state index contributed by atoms with van der Waals surface area (Å²) in [5, 5.41) is 2.95. The van der Waals surface area contributed by atoms with E-state index in [0.717, 1.165) is 31.6 Å². The van der Waals surface area contributed by atoms with Crippen LogP contribution in [-0.2, 0) is 4.74 Å². The maximum absolute atomic E-state index is 12.7. The summed E-state index contributed by atoms with van der Waals surface area (Å²) >= 11 is 0. The van der Waals surface area contributed by atoms with Gasteiger partial charge in [-0.25, -0.2) is 9.59 Å². The lowest BCUT2D eigenvalue weighted by Gasteiger charge is -2.40. The van der Waals surface area contributed by atoms with E-state index in [4.69, 9.17) is 4.74 Å². The zero-order valence-electron chi connectivity index (χ0n) is 15.8. The van der Waals surface area contributed by atoms with Crippen LogP contribution in [0.2, 0.25) is 0 Å². The lowest BCUT2D eigenvalue weighted by Crippen LogP contribution is -2.50. The van der Waals surface area contributed by atoms with Crippen molar-refractivity contribution in [2.45, 2.75) is 38.8 Å². The number of ether oxygens (including phenoxy) is 1. The van der Waals surface area contributed by atoms with Gasteiger partial charge in [0.15, 0.2) is 0 Å². The molecular weight excluding hydrogens is 332 g/mol. The van der Waals surface area contributed by atoms with Crippen LogP contribution in [0.4, 0.5) is 21.0 Å². The summed E-state index contributed by atoms with van der Waals surface area (Å²) in [5.74, 6) is 0. The zero-order valence-corrected chi connectivity index (χ0v) is 15.8. The number of carbonyl (C=O) groups is 2. The molecule has 1 aromatic rings. The van der Waals surface area contributed by atoms with Crippen LogP contribution in [0, 0.1) is 0 Å². The summed E-state index contributed by atoms with van der Waals surface area (Å²) in [4.78, 5) is 30.2.